The molecule has 0 radical (unpaired) electrons. The first-order valence-corrected chi connectivity index (χ1v) is 11.7. The number of piperidine rings is 1. The van der Waals surface area contributed by atoms with E-state index in [1.165, 1.54) is 12.1 Å². The predicted molar refractivity (Wildman–Crippen MR) is 129 cm³/mol. The van der Waals surface area contributed by atoms with Gasteiger partial charge in [0, 0.05) is 59.1 Å². The van der Waals surface area contributed by atoms with Crippen LogP contribution < -0.4 is 26.7 Å². The molecule has 188 valence electrons. The Bertz CT molecular complexity index is 1170. The Morgan fingerprint density at radius 2 is 2.09 bits per heavy atom. The lowest BCUT2D eigenvalue weighted by Crippen LogP contribution is -2.63. The minimum atomic E-state index is -4.58. The van der Waals surface area contributed by atoms with Gasteiger partial charge in [0.1, 0.15) is 12.7 Å². The van der Waals surface area contributed by atoms with Gasteiger partial charge in [0.05, 0.1) is 12.1 Å². The number of rotatable bonds is 4. The Labute approximate surface area is 205 Å². The Morgan fingerprint density at radius 3 is 2.80 bits per heavy atom. The van der Waals surface area contributed by atoms with Gasteiger partial charge in [0.25, 0.3) is 0 Å². The molecule has 0 bridgehead atoms. The summed E-state index contributed by atoms with van der Waals surface area (Å²) < 4.78 is 40.3. The molecule has 3 heterocycles. The van der Waals surface area contributed by atoms with Crippen LogP contribution in [0.5, 0.6) is 0 Å². The number of anilines is 1. The van der Waals surface area contributed by atoms with Crippen molar-refractivity contribution < 1.29 is 23.0 Å². The minimum Gasteiger partial charge on any atom is -0.400 e. The maximum Gasteiger partial charge on any atom is 0.433 e. The standard InChI is InChI=1S/C23H27ClF3N7O/c1-29-9-13-4-5-34(12-18(13)28)22(35)32-16-7-15(10-30-11-16)31-20-8-21(23(25,26)27)33-19-3-2-14(24)6-17(19)20/h2-3,6,8-9,15-16,30H,4-5,7,10-12,28H2,1H3,(H,31,33)(H,32,35)/p+1/t15-,16+/m1/s1. The highest BCUT2D eigenvalue weighted by molar-refractivity contribution is 6.31. The molecule has 2 aliphatic heterocycles. The molecule has 1 aromatic heterocycles. The molecule has 0 unspecified atom stereocenters. The molecule has 0 saturated carbocycles. The van der Waals surface area contributed by atoms with E-state index in [1.54, 1.807) is 18.0 Å². The van der Waals surface area contributed by atoms with Gasteiger partial charge in [-0.1, -0.05) is 11.6 Å². The van der Waals surface area contributed by atoms with E-state index in [0.29, 0.717) is 60.8 Å². The Hall–Kier alpha value is -3.05. The second kappa shape index (κ2) is 10.3. The molecule has 35 heavy (non-hydrogen) atoms. The molecule has 0 spiro atoms. The first-order chi connectivity index (χ1) is 16.6. The molecule has 1 saturated heterocycles. The summed E-state index contributed by atoms with van der Waals surface area (Å²) in [6, 6.07) is 4.94. The monoisotopic (exact) mass is 510 g/mol. The van der Waals surface area contributed by atoms with Crippen LogP contribution in [0.15, 0.2) is 35.5 Å². The van der Waals surface area contributed by atoms with Crippen LogP contribution in [0, 0.1) is 0 Å². The van der Waals surface area contributed by atoms with E-state index in [0.717, 1.165) is 11.6 Å². The van der Waals surface area contributed by atoms with Crippen LogP contribution in [0.3, 0.4) is 0 Å². The number of carbonyl (C=O) groups excluding carboxylic acids is 1. The molecule has 2 amide bonds. The Morgan fingerprint density at radius 1 is 1.31 bits per heavy atom. The van der Waals surface area contributed by atoms with Crippen LogP contribution in [0.1, 0.15) is 18.5 Å². The van der Waals surface area contributed by atoms with Crippen LogP contribution in [0.25, 0.3) is 10.9 Å². The van der Waals surface area contributed by atoms with Crippen LogP contribution in [-0.4, -0.2) is 67.4 Å². The summed E-state index contributed by atoms with van der Waals surface area (Å²) in [5, 5.41) is 10.4. The zero-order chi connectivity index (χ0) is 25.2. The molecule has 12 heteroatoms. The average Bonchev–Trinajstić information content (AvgIpc) is 2.80. The fourth-order valence-electron chi connectivity index (χ4n) is 4.42. The Kier molecular flexibility index (Phi) is 7.36. The lowest BCUT2D eigenvalue weighted by Gasteiger charge is -2.34. The van der Waals surface area contributed by atoms with Gasteiger partial charge in [0.2, 0.25) is 0 Å². The van der Waals surface area contributed by atoms with Gasteiger partial charge in [0.15, 0.2) is 6.21 Å². The van der Waals surface area contributed by atoms with E-state index in [2.05, 4.69) is 25.9 Å². The van der Waals surface area contributed by atoms with E-state index in [4.69, 9.17) is 17.3 Å². The maximum atomic E-state index is 13.4. The summed E-state index contributed by atoms with van der Waals surface area (Å²) in [6.45, 7) is 1.97. The fourth-order valence-corrected chi connectivity index (χ4v) is 4.60. The summed E-state index contributed by atoms with van der Waals surface area (Å²) in [5.74, 6) is 0. The molecule has 8 nitrogen and oxygen atoms in total. The van der Waals surface area contributed by atoms with E-state index in [1.807, 2.05) is 6.21 Å². The van der Waals surface area contributed by atoms with Crippen molar-refractivity contribution in [3.8, 4) is 0 Å². The summed E-state index contributed by atoms with van der Waals surface area (Å²) in [7, 11) is 1.80. The largest absolute Gasteiger partial charge is 0.433 e. The average molecular weight is 511 g/mol. The van der Waals surface area contributed by atoms with Gasteiger partial charge in [-0.25, -0.2) is 9.78 Å². The Balaban J connectivity index is 1.45. The minimum absolute atomic E-state index is 0.200. The lowest BCUT2D eigenvalue weighted by molar-refractivity contribution is -0.413. The summed E-state index contributed by atoms with van der Waals surface area (Å²) in [5.41, 5.74) is 7.26. The lowest BCUT2D eigenvalue weighted by atomic mass is 10.0. The predicted octanol–water partition coefficient (Wildman–Crippen LogP) is 1.46. The van der Waals surface area contributed by atoms with Crippen LogP contribution in [0.2, 0.25) is 5.02 Å². The van der Waals surface area contributed by atoms with E-state index < -0.39 is 11.9 Å². The van der Waals surface area contributed by atoms with Gasteiger partial charge < -0.3 is 26.6 Å². The number of nitrogens with zero attached hydrogens (tertiary/aromatic N) is 2. The number of nitrogens with two attached hydrogens (primary N) is 1. The van der Waals surface area contributed by atoms with Gasteiger partial charge in [-0.3, -0.25) is 4.99 Å². The number of amides is 2. The van der Waals surface area contributed by atoms with Crippen molar-refractivity contribution in [3.05, 3.63) is 46.3 Å². The number of urea groups is 1. The van der Waals surface area contributed by atoms with Gasteiger partial charge in [-0.15, -0.1) is 0 Å². The molecule has 2 atom stereocenters. The molecule has 0 aliphatic carbocycles. The van der Waals surface area contributed by atoms with Crippen molar-refractivity contribution in [2.45, 2.75) is 31.1 Å². The topological polar surface area (TPSA) is 109 Å². The summed E-state index contributed by atoms with van der Waals surface area (Å²) >= 11 is 6.09. The van der Waals surface area contributed by atoms with Crippen molar-refractivity contribution >= 4 is 40.4 Å². The van der Waals surface area contributed by atoms with E-state index in [9.17, 15) is 18.0 Å². The number of pyridine rings is 1. The van der Waals surface area contributed by atoms with Crippen LogP contribution in [0.4, 0.5) is 23.7 Å². The zero-order valence-corrected chi connectivity index (χ0v) is 19.9. The molecule has 1 aromatic carbocycles. The normalized spacial score (nSPS) is 21.6. The van der Waals surface area contributed by atoms with Gasteiger partial charge in [-0.05, 0) is 37.1 Å². The third-order valence-corrected chi connectivity index (χ3v) is 6.36. The molecule has 1 fully saturated rings. The van der Waals surface area contributed by atoms with Crippen molar-refractivity contribution in [3.63, 3.8) is 0 Å². The van der Waals surface area contributed by atoms with Crippen molar-refractivity contribution in [2.24, 2.45) is 5.73 Å². The smallest absolute Gasteiger partial charge is 0.400 e. The number of halogens is 4. The second-order valence-corrected chi connectivity index (χ2v) is 9.19. The first kappa shape index (κ1) is 25.1. The highest BCUT2D eigenvalue weighted by atomic mass is 35.5. The molecule has 6 N–H and O–H groups in total. The molecule has 2 aliphatic rings. The summed E-state index contributed by atoms with van der Waals surface area (Å²) in [6.07, 6.45) is -1.55. The number of hydrogen-bond acceptors (Lipinski definition) is 5. The molecule has 4 rings (SSSR count). The number of nitrogens with one attached hydrogen (secondary N) is 4. The molecular weight excluding hydrogens is 483 g/mol. The number of fused-ring (bicyclic) bond motifs is 1. The van der Waals surface area contributed by atoms with Gasteiger partial charge >= 0.3 is 12.2 Å². The van der Waals surface area contributed by atoms with E-state index in [-0.39, 0.29) is 23.6 Å². The van der Waals surface area contributed by atoms with E-state index >= 15 is 0 Å². The quantitative estimate of drug-likeness (QED) is 0.400. The highest BCUT2D eigenvalue weighted by Crippen LogP contribution is 2.34. The zero-order valence-electron chi connectivity index (χ0n) is 19.2. The third-order valence-electron chi connectivity index (χ3n) is 6.13. The number of hydrogen-bond donors (Lipinski definition) is 5. The SMILES string of the molecule is C[NH+]=CC1=C(N)CN(C(=O)N[C@@H]2CNC[C@H](Nc3cc(C(F)(F)F)nc4ccc(Cl)cc34)C2)CC1. The number of carbonyl (C=O) groups is 1. The number of alkyl halides is 3. The summed E-state index contributed by atoms with van der Waals surface area (Å²) in [4.78, 5) is 21.2. The number of aromatic nitrogens is 1. The third kappa shape index (κ3) is 5.96. The molecular formula is C23H28ClF3N7O+. The highest BCUT2D eigenvalue weighted by Gasteiger charge is 2.34. The first-order valence-electron chi connectivity index (χ1n) is 11.3. The fraction of sp³-hybridized carbons (Fsp3) is 0.435. The van der Waals surface area contributed by atoms with Crippen molar-refractivity contribution in [2.75, 3.05) is 38.5 Å². The second-order valence-electron chi connectivity index (χ2n) is 8.75. The van der Waals surface area contributed by atoms with Crippen molar-refractivity contribution in [1.29, 1.82) is 0 Å². The molecule has 2 aromatic rings. The number of benzene rings is 1. The van der Waals surface area contributed by atoms with Crippen molar-refractivity contribution in [1.82, 2.24) is 20.5 Å². The van der Waals surface area contributed by atoms with Gasteiger partial charge in [-0.2, -0.15) is 13.2 Å². The maximum absolute atomic E-state index is 13.4. The van der Waals surface area contributed by atoms with Crippen LogP contribution in [-0.2, 0) is 6.18 Å². The van der Waals surface area contributed by atoms with Crippen LogP contribution >= 0.6 is 11.6 Å².